The number of hydrogen-bond acceptors (Lipinski definition) is 3. The number of nitrogens with two attached hydrogens (primary N) is 1. The summed E-state index contributed by atoms with van der Waals surface area (Å²) in [5, 5.41) is 1.06. The number of terminal acetylenes is 1. The van der Waals surface area contributed by atoms with Gasteiger partial charge in [0.25, 0.3) is 0 Å². The summed E-state index contributed by atoms with van der Waals surface area (Å²) in [6.07, 6.45) is 7.12. The monoisotopic (exact) mass is 197 g/mol. The van der Waals surface area contributed by atoms with Crippen LogP contribution in [-0.4, -0.2) is 4.98 Å². The lowest BCUT2D eigenvalue weighted by molar-refractivity contribution is 0.674. The van der Waals surface area contributed by atoms with Crippen LogP contribution < -0.4 is 11.3 Å². The third kappa shape index (κ3) is 1.82. The van der Waals surface area contributed by atoms with Crippen molar-refractivity contribution in [3.63, 3.8) is 0 Å². The fourth-order valence-corrected chi connectivity index (χ4v) is 1.51. The zero-order chi connectivity index (χ0) is 10.7. The summed E-state index contributed by atoms with van der Waals surface area (Å²) in [5.41, 5.74) is 4.50. The number of nitrogens with one attached hydrogen (secondary N) is 1. The minimum atomic E-state index is -0.255. The molecule has 1 atom stereocenters. The predicted octanol–water partition coefficient (Wildman–Crippen LogP) is 1.37. The van der Waals surface area contributed by atoms with Gasteiger partial charge in [-0.3, -0.25) is 10.8 Å². The first kappa shape index (κ1) is 9.66. The van der Waals surface area contributed by atoms with Crippen LogP contribution in [0.2, 0.25) is 0 Å². The molecule has 0 aliphatic heterocycles. The van der Waals surface area contributed by atoms with Crippen LogP contribution in [0.3, 0.4) is 0 Å². The van der Waals surface area contributed by atoms with Gasteiger partial charge in [0.05, 0.1) is 5.52 Å². The molecule has 0 aliphatic rings. The molecule has 0 fully saturated rings. The van der Waals surface area contributed by atoms with E-state index in [1.54, 1.807) is 6.20 Å². The molecule has 1 aromatic carbocycles. The van der Waals surface area contributed by atoms with Gasteiger partial charge >= 0.3 is 0 Å². The molecule has 0 saturated heterocycles. The maximum absolute atomic E-state index is 5.35. The molecular formula is C12H11N3. The van der Waals surface area contributed by atoms with Gasteiger partial charge in [-0.2, -0.15) is 0 Å². The highest BCUT2D eigenvalue weighted by Crippen LogP contribution is 2.17. The Bertz CT molecular complexity index is 514. The standard InChI is InChI=1S/C12H11N3/c1-2-11(15-13)10-5-6-12-9(8-10)4-3-7-14-12/h1,3-8,11,15H,13H2. The summed E-state index contributed by atoms with van der Waals surface area (Å²) in [7, 11) is 0. The summed E-state index contributed by atoms with van der Waals surface area (Å²) in [4.78, 5) is 4.23. The quantitative estimate of drug-likeness (QED) is 0.434. The number of hydrogen-bond donors (Lipinski definition) is 2. The van der Waals surface area contributed by atoms with Gasteiger partial charge in [0.2, 0.25) is 0 Å². The highest BCUT2D eigenvalue weighted by Gasteiger charge is 2.05. The molecule has 3 N–H and O–H groups in total. The smallest absolute Gasteiger partial charge is 0.106 e. The third-order valence-electron chi connectivity index (χ3n) is 2.29. The van der Waals surface area contributed by atoms with E-state index in [9.17, 15) is 0 Å². The fraction of sp³-hybridized carbons (Fsp3) is 0.0833. The van der Waals surface area contributed by atoms with E-state index in [0.717, 1.165) is 16.5 Å². The molecule has 3 nitrogen and oxygen atoms in total. The number of nitrogens with zero attached hydrogens (tertiary/aromatic N) is 1. The maximum Gasteiger partial charge on any atom is 0.106 e. The number of benzene rings is 1. The van der Waals surface area contributed by atoms with Crippen molar-refractivity contribution in [2.45, 2.75) is 6.04 Å². The van der Waals surface area contributed by atoms with Gasteiger partial charge < -0.3 is 0 Å². The molecular weight excluding hydrogens is 186 g/mol. The van der Waals surface area contributed by atoms with E-state index in [1.807, 2.05) is 30.3 Å². The van der Waals surface area contributed by atoms with E-state index < -0.39 is 0 Å². The van der Waals surface area contributed by atoms with Crippen LogP contribution in [0.25, 0.3) is 10.9 Å². The molecule has 0 radical (unpaired) electrons. The highest BCUT2D eigenvalue weighted by molar-refractivity contribution is 5.79. The van der Waals surface area contributed by atoms with E-state index in [4.69, 9.17) is 12.3 Å². The largest absolute Gasteiger partial charge is 0.270 e. The van der Waals surface area contributed by atoms with Gasteiger partial charge in [-0.15, -0.1) is 6.42 Å². The molecule has 2 aromatic rings. The average Bonchev–Trinajstić information content (AvgIpc) is 2.30. The maximum atomic E-state index is 5.35. The molecule has 1 heterocycles. The molecule has 0 amide bonds. The minimum absolute atomic E-state index is 0.255. The number of hydrazine groups is 1. The van der Waals surface area contributed by atoms with Crippen molar-refractivity contribution in [3.8, 4) is 12.3 Å². The Kier molecular flexibility index (Phi) is 2.64. The summed E-state index contributed by atoms with van der Waals surface area (Å²) < 4.78 is 0. The van der Waals surface area contributed by atoms with Crippen LogP contribution in [0.4, 0.5) is 0 Å². The Morgan fingerprint density at radius 1 is 1.40 bits per heavy atom. The SMILES string of the molecule is C#CC(NN)c1ccc2ncccc2c1. The fourth-order valence-electron chi connectivity index (χ4n) is 1.51. The second-order valence-corrected chi connectivity index (χ2v) is 3.22. The van der Waals surface area contributed by atoms with Crippen LogP contribution >= 0.6 is 0 Å². The Morgan fingerprint density at radius 2 is 2.27 bits per heavy atom. The van der Waals surface area contributed by atoms with Gasteiger partial charge in [0.15, 0.2) is 0 Å². The molecule has 1 unspecified atom stereocenters. The van der Waals surface area contributed by atoms with Crippen molar-refractivity contribution in [1.82, 2.24) is 10.4 Å². The summed E-state index contributed by atoms with van der Waals surface area (Å²) >= 11 is 0. The van der Waals surface area contributed by atoms with E-state index in [1.165, 1.54) is 0 Å². The van der Waals surface area contributed by atoms with Crippen molar-refractivity contribution >= 4 is 10.9 Å². The first-order valence-electron chi connectivity index (χ1n) is 4.62. The Labute approximate surface area is 88.3 Å². The third-order valence-corrected chi connectivity index (χ3v) is 2.29. The summed E-state index contributed by atoms with van der Waals surface area (Å²) in [6, 6.07) is 9.50. The topological polar surface area (TPSA) is 50.9 Å². The van der Waals surface area contributed by atoms with Crippen LogP contribution in [0.15, 0.2) is 36.5 Å². The zero-order valence-electron chi connectivity index (χ0n) is 8.14. The molecule has 0 spiro atoms. The van der Waals surface area contributed by atoms with Crippen molar-refractivity contribution in [2.75, 3.05) is 0 Å². The van der Waals surface area contributed by atoms with Crippen molar-refractivity contribution in [3.05, 3.63) is 42.1 Å². The molecule has 0 saturated carbocycles. The molecule has 74 valence electrons. The zero-order valence-corrected chi connectivity index (χ0v) is 8.14. The number of aromatic nitrogens is 1. The van der Waals surface area contributed by atoms with Crippen LogP contribution in [0, 0.1) is 12.3 Å². The number of pyridine rings is 1. The minimum Gasteiger partial charge on any atom is -0.270 e. The summed E-state index contributed by atoms with van der Waals surface area (Å²) in [6.45, 7) is 0. The molecule has 2 rings (SSSR count). The van der Waals surface area contributed by atoms with E-state index in [2.05, 4.69) is 16.3 Å². The van der Waals surface area contributed by atoms with Crippen molar-refractivity contribution in [1.29, 1.82) is 0 Å². The predicted molar refractivity (Wildman–Crippen MR) is 60.6 cm³/mol. The lowest BCUT2D eigenvalue weighted by Crippen LogP contribution is -2.26. The number of rotatable bonds is 2. The first-order chi connectivity index (χ1) is 7.35. The highest BCUT2D eigenvalue weighted by atomic mass is 15.2. The average molecular weight is 197 g/mol. The van der Waals surface area contributed by atoms with Crippen LogP contribution in [-0.2, 0) is 0 Å². The molecule has 0 bridgehead atoms. The molecule has 15 heavy (non-hydrogen) atoms. The van der Waals surface area contributed by atoms with Crippen molar-refractivity contribution < 1.29 is 0 Å². The van der Waals surface area contributed by atoms with Gasteiger partial charge in [-0.05, 0) is 23.8 Å². The van der Waals surface area contributed by atoms with E-state index in [-0.39, 0.29) is 6.04 Å². The summed E-state index contributed by atoms with van der Waals surface area (Å²) in [5.74, 6) is 7.93. The van der Waals surface area contributed by atoms with E-state index in [0.29, 0.717) is 0 Å². The molecule has 0 aliphatic carbocycles. The van der Waals surface area contributed by atoms with Gasteiger partial charge in [0.1, 0.15) is 6.04 Å². The second-order valence-electron chi connectivity index (χ2n) is 3.22. The normalized spacial score (nSPS) is 12.3. The first-order valence-corrected chi connectivity index (χ1v) is 4.62. The Balaban J connectivity index is 2.52. The van der Waals surface area contributed by atoms with Gasteiger partial charge in [-0.1, -0.05) is 18.1 Å². The molecule has 1 aromatic heterocycles. The van der Waals surface area contributed by atoms with E-state index >= 15 is 0 Å². The lowest BCUT2D eigenvalue weighted by atomic mass is 10.1. The Hall–Kier alpha value is -1.89. The molecule has 3 heteroatoms. The second kappa shape index (κ2) is 4.09. The Morgan fingerprint density at radius 3 is 3.00 bits per heavy atom. The van der Waals surface area contributed by atoms with Crippen molar-refractivity contribution in [2.24, 2.45) is 5.84 Å². The van der Waals surface area contributed by atoms with Gasteiger partial charge in [-0.25, -0.2) is 5.43 Å². The van der Waals surface area contributed by atoms with Gasteiger partial charge in [0, 0.05) is 11.6 Å². The van der Waals surface area contributed by atoms with Crippen LogP contribution in [0.5, 0.6) is 0 Å². The lowest BCUT2D eigenvalue weighted by Gasteiger charge is -2.09. The number of fused-ring (bicyclic) bond motifs is 1. The van der Waals surface area contributed by atoms with Crippen LogP contribution in [0.1, 0.15) is 11.6 Å².